The fourth-order valence-electron chi connectivity index (χ4n) is 2.60. The van der Waals surface area contributed by atoms with E-state index in [4.69, 9.17) is 4.74 Å². The van der Waals surface area contributed by atoms with Crippen LogP contribution in [0, 0.1) is 0 Å². The predicted molar refractivity (Wildman–Crippen MR) is 75.6 cm³/mol. The number of piperidine rings is 1. The number of aliphatic hydroxyl groups excluding tert-OH is 1. The SMILES string of the molecule is CCOC1CCN(c2ccc(C(C)O)c(O)c2)CC1. The lowest BCUT2D eigenvalue weighted by Gasteiger charge is -2.33. The fraction of sp³-hybridized carbons (Fsp3) is 0.600. The van der Waals surface area contributed by atoms with Crippen LogP contribution in [-0.4, -0.2) is 36.0 Å². The van der Waals surface area contributed by atoms with Gasteiger partial charge in [0.15, 0.2) is 0 Å². The second kappa shape index (κ2) is 6.26. The lowest BCUT2D eigenvalue weighted by molar-refractivity contribution is 0.0459. The minimum atomic E-state index is -0.641. The summed E-state index contributed by atoms with van der Waals surface area (Å²) in [6, 6.07) is 5.50. The number of hydrogen-bond donors (Lipinski definition) is 2. The summed E-state index contributed by atoms with van der Waals surface area (Å²) in [6.45, 7) is 6.34. The highest BCUT2D eigenvalue weighted by Crippen LogP contribution is 2.30. The number of ether oxygens (including phenoxy) is 1. The summed E-state index contributed by atoms with van der Waals surface area (Å²) in [7, 11) is 0. The Labute approximate surface area is 114 Å². The molecule has 4 nitrogen and oxygen atoms in total. The maximum atomic E-state index is 9.92. The van der Waals surface area contributed by atoms with Crippen molar-refractivity contribution in [3.05, 3.63) is 23.8 Å². The highest BCUT2D eigenvalue weighted by molar-refractivity contribution is 5.54. The molecule has 1 heterocycles. The van der Waals surface area contributed by atoms with Crippen LogP contribution in [0.2, 0.25) is 0 Å². The minimum absolute atomic E-state index is 0.166. The number of phenolic OH excluding ortho intramolecular Hbond substituents is 1. The second-order valence-electron chi connectivity index (χ2n) is 5.06. The molecule has 1 atom stereocenters. The number of aliphatic hydroxyl groups is 1. The quantitative estimate of drug-likeness (QED) is 0.878. The first kappa shape index (κ1) is 14.2. The van der Waals surface area contributed by atoms with E-state index in [1.165, 1.54) is 0 Å². The molecule has 0 saturated carbocycles. The molecule has 1 unspecified atom stereocenters. The van der Waals surface area contributed by atoms with E-state index in [1.54, 1.807) is 19.1 Å². The monoisotopic (exact) mass is 265 g/mol. The predicted octanol–water partition coefficient (Wildman–Crippen LogP) is 2.45. The van der Waals surface area contributed by atoms with Gasteiger partial charge < -0.3 is 19.8 Å². The molecular weight excluding hydrogens is 242 g/mol. The van der Waals surface area contributed by atoms with Gasteiger partial charge in [-0.2, -0.15) is 0 Å². The third-order valence-corrected chi connectivity index (χ3v) is 3.67. The zero-order chi connectivity index (χ0) is 13.8. The number of phenols is 1. The Bertz CT molecular complexity index is 412. The van der Waals surface area contributed by atoms with Crippen LogP contribution in [0.4, 0.5) is 5.69 Å². The van der Waals surface area contributed by atoms with Gasteiger partial charge in [-0.1, -0.05) is 6.07 Å². The van der Waals surface area contributed by atoms with Gasteiger partial charge in [0, 0.05) is 37.0 Å². The number of aromatic hydroxyl groups is 1. The third kappa shape index (κ3) is 3.39. The lowest BCUT2D eigenvalue weighted by Crippen LogP contribution is -2.37. The lowest BCUT2D eigenvalue weighted by atomic mass is 10.0. The number of rotatable bonds is 4. The van der Waals surface area contributed by atoms with Crippen LogP contribution in [0.1, 0.15) is 38.4 Å². The van der Waals surface area contributed by atoms with Crippen molar-refractivity contribution in [3.8, 4) is 5.75 Å². The van der Waals surface area contributed by atoms with Crippen LogP contribution in [0.3, 0.4) is 0 Å². The molecule has 1 aliphatic rings. The standard InChI is InChI=1S/C15H23NO3/c1-3-19-13-6-8-16(9-7-13)12-4-5-14(11(2)17)15(18)10-12/h4-5,10-11,13,17-18H,3,6-9H2,1-2H3. The van der Waals surface area contributed by atoms with Gasteiger partial charge in [0.25, 0.3) is 0 Å². The highest BCUT2D eigenvalue weighted by Gasteiger charge is 2.20. The van der Waals surface area contributed by atoms with E-state index in [9.17, 15) is 10.2 Å². The Hall–Kier alpha value is -1.26. The van der Waals surface area contributed by atoms with Crippen LogP contribution < -0.4 is 4.90 Å². The van der Waals surface area contributed by atoms with E-state index >= 15 is 0 Å². The molecule has 1 aliphatic heterocycles. The van der Waals surface area contributed by atoms with E-state index in [1.807, 2.05) is 13.0 Å². The summed E-state index contributed by atoms with van der Waals surface area (Å²) in [5, 5.41) is 19.4. The Morgan fingerprint density at radius 3 is 2.58 bits per heavy atom. The van der Waals surface area contributed by atoms with Crippen LogP contribution in [0.5, 0.6) is 5.75 Å². The van der Waals surface area contributed by atoms with Gasteiger partial charge in [-0.3, -0.25) is 0 Å². The van der Waals surface area contributed by atoms with E-state index in [-0.39, 0.29) is 5.75 Å². The molecule has 0 aliphatic carbocycles. The van der Waals surface area contributed by atoms with Crippen molar-refractivity contribution >= 4 is 5.69 Å². The van der Waals surface area contributed by atoms with Crippen LogP contribution in [0.25, 0.3) is 0 Å². The summed E-state index contributed by atoms with van der Waals surface area (Å²) >= 11 is 0. The maximum Gasteiger partial charge on any atom is 0.123 e. The molecule has 0 spiro atoms. The first-order chi connectivity index (χ1) is 9.11. The van der Waals surface area contributed by atoms with Crippen molar-refractivity contribution in [2.75, 3.05) is 24.6 Å². The van der Waals surface area contributed by atoms with E-state index in [2.05, 4.69) is 4.90 Å². The van der Waals surface area contributed by atoms with Gasteiger partial charge in [-0.05, 0) is 32.8 Å². The molecule has 0 bridgehead atoms. The normalized spacial score (nSPS) is 18.6. The molecule has 2 rings (SSSR count). The average molecular weight is 265 g/mol. The van der Waals surface area contributed by atoms with E-state index in [0.717, 1.165) is 38.2 Å². The van der Waals surface area contributed by atoms with Crippen LogP contribution >= 0.6 is 0 Å². The zero-order valence-corrected chi connectivity index (χ0v) is 11.7. The molecule has 0 radical (unpaired) electrons. The first-order valence-electron chi connectivity index (χ1n) is 6.99. The summed E-state index contributed by atoms with van der Waals surface area (Å²) < 4.78 is 5.63. The highest BCUT2D eigenvalue weighted by atomic mass is 16.5. The Balaban J connectivity index is 2.02. The molecule has 1 saturated heterocycles. The number of benzene rings is 1. The van der Waals surface area contributed by atoms with Crippen molar-refractivity contribution in [3.63, 3.8) is 0 Å². The van der Waals surface area contributed by atoms with Crippen LogP contribution in [0.15, 0.2) is 18.2 Å². The molecule has 2 N–H and O–H groups in total. The van der Waals surface area contributed by atoms with E-state index < -0.39 is 6.10 Å². The molecule has 1 aromatic rings. The van der Waals surface area contributed by atoms with Crippen molar-refractivity contribution < 1.29 is 14.9 Å². The topological polar surface area (TPSA) is 52.9 Å². The zero-order valence-electron chi connectivity index (χ0n) is 11.7. The van der Waals surface area contributed by atoms with Gasteiger partial charge in [0.2, 0.25) is 0 Å². The Morgan fingerprint density at radius 2 is 2.05 bits per heavy atom. The number of nitrogens with zero attached hydrogens (tertiary/aromatic N) is 1. The maximum absolute atomic E-state index is 9.92. The van der Waals surface area contributed by atoms with E-state index in [0.29, 0.717) is 11.7 Å². The van der Waals surface area contributed by atoms with Crippen LogP contribution in [-0.2, 0) is 4.74 Å². The molecular formula is C15H23NO3. The van der Waals surface area contributed by atoms with Crippen molar-refractivity contribution in [2.45, 2.75) is 38.9 Å². The minimum Gasteiger partial charge on any atom is -0.507 e. The largest absolute Gasteiger partial charge is 0.507 e. The number of hydrogen-bond acceptors (Lipinski definition) is 4. The molecule has 4 heteroatoms. The molecule has 0 aromatic heterocycles. The van der Waals surface area contributed by atoms with Gasteiger partial charge in [0.1, 0.15) is 5.75 Å². The summed E-state index contributed by atoms with van der Waals surface area (Å²) in [6.07, 6.45) is 1.77. The Morgan fingerprint density at radius 1 is 1.37 bits per heavy atom. The van der Waals surface area contributed by atoms with Gasteiger partial charge in [0.05, 0.1) is 12.2 Å². The van der Waals surface area contributed by atoms with Gasteiger partial charge >= 0.3 is 0 Å². The Kier molecular flexibility index (Phi) is 4.66. The first-order valence-corrected chi connectivity index (χ1v) is 6.99. The van der Waals surface area contributed by atoms with Gasteiger partial charge in [-0.25, -0.2) is 0 Å². The smallest absolute Gasteiger partial charge is 0.123 e. The van der Waals surface area contributed by atoms with Crippen molar-refractivity contribution in [1.29, 1.82) is 0 Å². The fourth-order valence-corrected chi connectivity index (χ4v) is 2.60. The third-order valence-electron chi connectivity index (χ3n) is 3.67. The molecule has 0 amide bonds. The summed E-state index contributed by atoms with van der Waals surface area (Å²) in [5.41, 5.74) is 1.59. The molecule has 1 aromatic carbocycles. The number of anilines is 1. The van der Waals surface area contributed by atoms with Crippen molar-refractivity contribution in [1.82, 2.24) is 0 Å². The van der Waals surface area contributed by atoms with Gasteiger partial charge in [-0.15, -0.1) is 0 Å². The molecule has 1 fully saturated rings. The van der Waals surface area contributed by atoms with Crippen molar-refractivity contribution in [2.24, 2.45) is 0 Å². The summed E-state index contributed by atoms with van der Waals surface area (Å²) in [4.78, 5) is 2.25. The average Bonchev–Trinajstić information content (AvgIpc) is 2.39. The summed E-state index contributed by atoms with van der Waals surface area (Å²) in [5.74, 6) is 0.166. The molecule has 106 valence electrons. The molecule has 19 heavy (non-hydrogen) atoms. The second-order valence-corrected chi connectivity index (χ2v) is 5.06.